The lowest BCUT2D eigenvalue weighted by atomic mass is 9.75. The molecular formula is C25H23N3O3S. The molecule has 0 radical (unpaired) electrons. The monoisotopic (exact) mass is 445 g/mol. The van der Waals surface area contributed by atoms with Crippen LogP contribution in [0.25, 0.3) is 11.0 Å². The van der Waals surface area contributed by atoms with Gasteiger partial charge in [0.25, 0.3) is 0 Å². The van der Waals surface area contributed by atoms with Gasteiger partial charge in [-0.2, -0.15) is 0 Å². The molecule has 0 spiro atoms. The minimum Gasteiger partial charge on any atom is -0.466 e. The summed E-state index contributed by atoms with van der Waals surface area (Å²) < 4.78 is 5.48. The number of hydrogen-bond acceptors (Lipinski definition) is 6. The zero-order chi connectivity index (χ0) is 22.1. The number of pyridine rings is 1. The fraction of sp³-hybridized carbons (Fsp3) is 0.240. The van der Waals surface area contributed by atoms with Crippen molar-refractivity contribution in [1.82, 2.24) is 15.0 Å². The second kappa shape index (κ2) is 8.41. The van der Waals surface area contributed by atoms with Crippen LogP contribution in [0.15, 0.2) is 79.1 Å². The summed E-state index contributed by atoms with van der Waals surface area (Å²) in [4.78, 5) is 25.6. The van der Waals surface area contributed by atoms with Gasteiger partial charge in [-0.25, -0.2) is 4.98 Å². The van der Waals surface area contributed by atoms with Gasteiger partial charge in [-0.3, -0.25) is 9.78 Å². The van der Waals surface area contributed by atoms with Crippen LogP contribution >= 0.6 is 11.8 Å². The Labute approximate surface area is 190 Å². The van der Waals surface area contributed by atoms with E-state index in [1.165, 1.54) is 11.8 Å². The molecule has 1 aliphatic heterocycles. The lowest BCUT2D eigenvalue weighted by Gasteiger charge is -2.34. The highest BCUT2D eigenvalue weighted by Gasteiger charge is 2.61. The van der Waals surface area contributed by atoms with Gasteiger partial charge in [-0.05, 0) is 42.3 Å². The second-order valence-corrected chi connectivity index (χ2v) is 9.03. The van der Waals surface area contributed by atoms with E-state index in [0.717, 1.165) is 16.6 Å². The maximum absolute atomic E-state index is 13.3. The largest absolute Gasteiger partial charge is 0.466 e. The molecule has 2 aromatic heterocycles. The van der Waals surface area contributed by atoms with Crippen LogP contribution in [0.1, 0.15) is 34.4 Å². The Kier molecular flexibility index (Phi) is 5.45. The van der Waals surface area contributed by atoms with Gasteiger partial charge in [0.05, 0.1) is 22.9 Å². The molecule has 0 bridgehead atoms. The van der Waals surface area contributed by atoms with Crippen molar-refractivity contribution in [3.63, 3.8) is 0 Å². The molecule has 1 fully saturated rings. The van der Waals surface area contributed by atoms with Crippen LogP contribution in [-0.4, -0.2) is 32.6 Å². The molecule has 1 saturated heterocycles. The molecule has 3 heterocycles. The fourth-order valence-corrected chi connectivity index (χ4v) is 6.30. The second-order valence-electron chi connectivity index (χ2n) is 7.78. The van der Waals surface area contributed by atoms with Crippen LogP contribution in [0.3, 0.4) is 0 Å². The van der Waals surface area contributed by atoms with E-state index in [0.29, 0.717) is 11.4 Å². The average molecular weight is 446 g/mol. The van der Waals surface area contributed by atoms with E-state index < -0.39 is 22.7 Å². The summed E-state index contributed by atoms with van der Waals surface area (Å²) >= 11 is 1.52. The predicted molar refractivity (Wildman–Crippen MR) is 124 cm³/mol. The normalized spacial score (nSPS) is 25.1. The van der Waals surface area contributed by atoms with Crippen LogP contribution in [0.2, 0.25) is 0 Å². The van der Waals surface area contributed by atoms with Gasteiger partial charge in [0.2, 0.25) is 0 Å². The molecule has 6 nitrogen and oxygen atoms in total. The van der Waals surface area contributed by atoms with E-state index in [4.69, 9.17) is 9.72 Å². The quantitative estimate of drug-likeness (QED) is 0.438. The van der Waals surface area contributed by atoms with Crippen LogP contribution in [0, 0.1) is 5.92 Å². The average Bonchev–Trinajstić information content (AvgIpc) is 3.39. The van der Waals surface area contributed by atoms with Gasteiger partial charge in [0, 0.05) is 17.6 Å². The number of carbonyl (C=O) groups excluding carboxylic acids is 1. The van der Waals surface area contributed by atoms with Gasteiger partial charge < -0.3 is 14.8 Å². The van der Waals surface area contributed by atoms with Gasteiger partial charge in [-0.1, -0.05) is 42.5 Å². The Hall–Kier alpha value is -3.16. The first-order chi connectivity index (χ1) is 15.6. The highest BCUT2D eigenvalue weighted by molar-refractivity contribution is 8.00. The van der Waals surface area contributed by atoms with Gasteiger partial charge in [0.15, 0.2) is 0 Å². The fourth-order valence-electron chi connectivity index (χ4n) is 4.49. The summed E-state index contributed by atoms with van der Waals surface area (Å²) in [6.07, 6.45) is 3.41. The topological polar surface area (TPSA) is 88.1 Å². The number of H-pyrrole nitrogens is 1. The molecular weight excluding hydrogens is 422 g/mol. The Balaban J connectivity index is 1.71. The lowest BCUT2D eigenvalue weighted by molar-refractivity contribution is -0.158. The highest BCUT2D eigenvalue weighted by atomic mass is 32.2. The number of esters is 1. The van der Waals surface area contributed by atoms with Crippen molar-refractivity contribution in [2.45, 2.75) is 23.0 Å². The number of benzene rings is 2. The summed E-state index contributed by atoms with van der Waals surface area (Å²) in [6.45, 7) is 2.02. The molecule has 0 saturated carbocycles. The molecule has 4 atom stereocenters. The summed E-state index contributed by atoms with van der Waals surface area (Å²) in [5.41, 5.74) is 1.75. The Morgan fingerprint density at radius 3 is 2.53 bits per heavy atom. The molecule has 2 N–H and O–H groups in total. The Morgan fingerprint density at radius 1 is 1.09 bits per heavy atom. The Morgan fingerprint density at radius 2 is 1.81 bits per heavy atom. The van der Waals surface area contributed by atoms with E-state index in [1.54, 1.807) is 19.3 Å². The third-order valence-corrected chi connectivity index (χ3v) is 7.62. The van der Waals surface area contributed by atoms with E-state index in [1.807, 2.05) is 66.7 Å². The number of aliphatic hydroxyl groups is 1. The molecule has 4 unspecified atom stereocenters. The summed E-state index contributed by atoms with van der Waals surface area (Å²) in [5.74, 6) is -0.615. The van der Waals surface area contributed by atoms with E-state index >= 15 is 0 Å². The molecule has 0 aliphatic carbocycles. The molecule has 7 heteroatoms. The number of thioether (sulfide) groups is 1. The van der Waals surface area contributed by atoms with Crippen LogP contribution in [-0.2, 0) is 15.1 Å². The Bertz CT molecular complexity index is 1200. The minimum absolute atomic E-state index is 0.239. The van der Waals surface area contributed by atoms with Crippen molar-refractivity contribution in [2.75, 3.05) is 6.61 Å². The van der Waals surface area contributed by atoms with Crippen molar-refractivity contribution in [3.8, 4) is 0 Å². The third-order valence-electron chi connectivity index (χ3n) is 5.93. The summed E-state index contributed by atoms with van der Waals surface area (Å²) in [7, 11) is 0. The van der Waals surface area contributed by atoms with E-state index in [9.17, 15) is 9.90 Å². The van der Waals surface area contributed by atoms with Crippen LogP contribution in [0.5, 0.6) is 0 Å². The van der Waals surface area contributed by atoms with Crippen molar-refractivity contribution in [1.29, 1.82) is 0 Å². The molecule has 1 aliphatic rings. The maximum atomic E-state index is 13.3. The smallest absolute Gasteiger partial charge is 0.313 e. The first-order valence-corrected chi connectivity index (χ1v) is 11.5. The summed E-state index contributed by atoms with van der Waals surface area (Å²) in [6, 6.07) is 20.9. The van der Waals surface area contributed by atoms with Crippen molar-refractivity contribution in [2.24, 2.45) is 5.92 Å². The molecule has 4 aromatic rings. The van der Waals surface area contributed by atoms with E-state index in [2.05, 4.69) is 9.97 Å². The van der Waals surface area contributed by atoms with Crippen LogP contribution < -0.4 is 0 Å². The highest BCUT2D eigenvalue weighted by Crippen LogP contribution is 2.65. The molecule has 32 heavy (non-hydrogen) atoms. The van der Waals surface area contributed by atoms with Gasteiger partial charge in [-0.15, -0.1) is 11.8 Å². The number of nitrogens with one attached hydrogen (secondary N) is 1. The zero-order valence-corrected chi connectivity index (χ0v) is 18.3. The zero-order valence-electron chi connectivity index (χ0n) is 17.5. The number of rotatable bonds is 5. The standard InChI is InChI=1S/C25H23N3O3S/c1-2-31-24(29)20-21(16-12-14-26-15-13-16)32-22(25(20,30)17-8-4-3-5-9-17)23-27-18-10-6-7-11-19(18)28-23/h3-15,20-22,30H,2H2,1H3,(H,27,28). The number of aromatic nitrogens is 3. The van der Waals surface area contributed by atoms with Crippen molar-refractivity contribution in [3.05, 3.63) is 96.1 Å². The van der Waals surface area contributed by atoms with E-state index in [-0.39, 0.29) is 11.9 Å². The number of ether oxygens (including phenoxy) is 1. The van der Waals surface area contributed by atoms with Gasteiger partial charge in [0.1, 0.15) is 17.3 Å². The first kappa shape index (κ1) is 20.7. The number of aromatic amines is 1. The lowest BCUT2D eigenvalue weighted by Crippen LogP contribution is -2.42. The number of carbonyl (C=O) groups is 1. The first-order valence-electron chi connectivity index (χ1n) is 10.6. The van der Waals surface area contributed by atoms with Crippen molar-refractivity contribution >= 4 is 28.8 Å². The number of para-hydroxylation sites is 2. The summed E-state index contributed by atoms with van der Waals surface area (Å²) in [5, 5.41) is 11.5. The maximum Gasteiger partial charge on any atom is 0.313 e. The van der Waals surface area contributed by atoms with Crippen molar-refractivity contribution < 1.29 is 14.6 Å². The van der Waals surface area contributed by atoms with Crippen LogP contribution in [0.4, 0.5) is 0 Å². The number of nitrogens with zero attached hydrogens (tertiary/aromatic N) is 2. The van der Waals surface area contributed by atoms with Gasteiger partial charge >= 0.3 is 5.97 Å². The molecule has 162 valence electrons. The molecule has 5 rings (SSSR count). The molecule has 2 aromatic carbocycles. The minimum atomic E-state index is -1.53. The number of imidazole rings is 1. The molecule has 0 amide bonds. The third kappa shape index (κ3) is 3.38. The number of fused-ring (bicyclic) bond motifs is 1. The predicted octanol–water partition coefficient (Wildman–Crippen LogP) is 4.55. The number of hydrogen-bond donors (Lipinski definition) is 2. The SMILES string of the molecule is CCOC(=O)C1C(c2ccncc2)SC(c2nc3ccccc3[nH]2)C1(O)c1ccccc1.